The average Bonchev–Trinajstić information content (AvgIpc) is 3.05. The summed E-state index contributed by atoms with van der Waals surface area (Å²) in [5.41, 5.74) is 1.72. The Morgan fingerprint density at radius 1 is 1.13 bits per heavy atom. The van der Waals surface area contributed by atoms with E-state index in [0.717, 1.165) is 10.9 Å². The van der Waals surface area contributed by atoms with Crippen LogP contribution in [-0.4, -0.2) is 31.7 Å². The highest BCUT2D eigenvalue weighted by Gasteiger charge is 2.32. The number of hydrogen-bond acceptors (Lipinski definition) is 4. The highest BCUT2D eigenvalue weighted by atomic mass is 79.9. The zero-order chi connectivity index (χ0) is 22.3. The van der Waals surface area contributed by atoms with E-state index in [9.17, 15) is 13.2 Å². The number of carbonyl (C=O) groups is 1. The van der Waals surface area contributed by atoms with E-state index in [1.165, 1.54) is 0 Å². The number of furan rings is 1. The van der Waals surface area contributed by atoms with E-state index < -0.39 is 10.0 Å². The molecule has 8 heteroatoms. The minimum absolute atomic E-state index is 0.167. The van der Waals surface area contributed by atoms with Gasteiger partial charge in [-0.25, -0.2) is 8.42 Å². The SMILES string of the molecule is Cc1c(C(=O)Nc2ccccc2Br)oc2ccc(S(=O)(=O)N3C[C@@H](C)C[C@H](C)C3)cc12. The van der Waals surface area contributed by atoms with Crippen molar-refractivity contribution in [2.24, 2.45) is 11.8 Å². The van der Waals surface area contributed by atoms with Crippen molar-refractivity contribution in [1.29, 1.82) is 0 Å². The summed E-state index contributed by atoms with van der Waals surface area (Å²) in [7, 11) is -3.62. The van der Waals surface area contributed by atoms with Crippen LogP contribution in [0.25, 0.3) is 11.0 Å². The maximum Gasteiger partial charge on any atom is 0.291 e. The standard InChI is InChI=1S/C23H25BrN2O4S/c1-14-10-15(2)13-26(12-14)31(28,29)17-8-9-21-18(11-17)16(3)22(30-21)23(27)25-20-7-5-4-6-19(20)24/h4-9,11,14-15H,10,12-13H2,1-3H3,(H,25,27)/t14-,15-/m0/s1. The number of sulfonamides is 1. The lowest BCUT2D eigenvalue weighted by Gasteiger charge is -2.34. The fraction of sp³-hybridized carbons (Fsp3) is 0.348. The van der Waals surface area contributed by atoms with Crippen molar-refractivity contribution in [3.05, 3.63) is 58.3 Å². The molecule has 1 aliphatic heterocycles. The second-order valence-corrected chi connectivity index (χ2v) is 11.2. The van der Waals surface area contributed by atoms with E-state index in [1.54, 1.807) is 35.5 Å². The van der Waals surface area contributed by atoms with Crippen molar-refractivity contribution in [2.75, 3.05) is 18.4 Å². The molecule has 0 unspecified atom stereocenters. The number of amides is 1. The third-order valence-corrected chi connectivity index (χ3v) is 8.23. The molecule has 2 atom stereocenters. The Bertz CT molecular complexity index is 1240. The van der Waals surface area contributed by atoms with E-state index in [0.29, 0.717) is 47.1 Å². The zero-order valence-corrected chi connectivity index (χ0v) is 20.1. The lowest BCUT2D eigenvalue weighted by atomic mass is 9.94. The van der Waals surface area contributed by atoms with E-state index >= 15 is 0 Å². The molecule has 2 aromatic carbocycles. The summed E-state index contributed by atoms with van der Waals surface area (Å²) in [4.78, 5) is 13.0. The number of halogens is 1. The van der Waals surface area contributed by atoms with Crippen LogP contribution in [0.15, 0.2) is 56.2 Å². The summed E-state index contributed by atoms with van der Waals surface area (Å²) >= 11 is 3.41. The largest absolute Gasteiger partial charge is 0.451 e. The predicted molar refractivity (Wildman–Crippen MR) is 125 cm³/mol. The molecule has 0 spiro atoms. The van der Waals surface area contributed by atoms with Gasteiger partial charge >= 0.3 is 0 Å². The van der Waals surface area contributed by atoms with Gasteiger partial charge in [0.1, 0.15) is 5.58 Å². The molecule has 1 fully saturated rings. The van der Waals surface area contributed by atoms with Crippen LogP contribution in [-0.2, 0) is 10.0 Å². The van der Waals surface area contributed by atoms with Crippen molar-refractivity contribution in [2.45, 2.75) is 32.1 Å². The van der Waals surface area contributed by atoms with Crippen LogP contribution in [0.5, 0.6) is 0 Å². The third-order valence-electron chi connectivity index (χ3n) is 5.71. The van der Waals surface area contributed by atoms with Crippen LogP contribution >= 0.6 is 15.9 Å². The first-order valence-corrected chi connectivity index (χ1v) is 12.5. The summed E-state index contributed by atoms with van der Waals surface area (Å²) in [6.45, 7) is 6.97. The maximum absolute atomic E-state index is 13.3. The Hall–Kier alpha value is -2.16. The Morgan fingerprint density at radius 2 is 1.81 bits per heavy atom. The molecule has 2 heterocycles. The number of nitrogens with one attached hydrogen (secondary N) is 1. The van der Waals surface area contributed by atoms with Crippen LogP contribution in [0.4, 0.5) is 5.69 Å². The van der Waals surface area contributed by atoms with Crippen LogP contribution in [0.2, 0.25) is 0 Å². The Balaban J connectivity index is 1.67. The minimum atomic E-state index is -3.62. The smallest absolute Gasteiger partial charge is 0.291 e. The normalized spacial score (nSPS) is 20.1. The van der Waals surface area contributed by atoms with Crippen LogP contribution in [0, 0.1) is 18.8 Å². The molecule has 4 rings (SSSR count). The molecule has 1 aromatic heterocycles. The van der Waals surface area contributed by atoms with Gasteiger partial charge in [-0.1, -0.05) is 26.0 Å². The molecule has 3 aromatic rings. The molecular formula is C23H25BrN2O4S. The summed E-state index contributed by atoms with van der Waals surface area (Å²) < 4.78 is 34.6. The van der Waals surface area contributed by atoms with E-state index in [4.69, 9.17) is 4.42 Å². The number of hydrogen-bond donors (Lipinski definition) is 1. The van der Waals surface area contributed by atoms with Gasteiger partial charge in [-0.2, -0.15) is 4.31 Å². The van der Waals surface area contributed by atoms with Crippen LogP contribution in [0.3, 0.4) is 0 Å². The Morgan fingerprint density at radius 3 is 2.48 bits per heavy atom. The van der Waals surface area contributed by atoms with Gasteiger partial charge in [-0.15, -0.1) is 0 Å². The van der Waals surface area contributed by atoms with Gasteiger partial charge in [0.25, 0.3) is 5.91 Å². The second kappa shape index (κ2) is 8.41. The monoisotopic (exact) mass is 504 g/mol. The highest BCUT2D eigenvalue weighted by molar-refractivity contribution is 9.10. The molecular weight excluding hydrogens is 480 g/mol. The molecule has 164 valence electrons. The fourth-order valence-electron chi connectivity index (χ4n) is 4.27. The van der Waals surface area contributed by atoms with Crippen LogP contribution < -0.4 is 5.32 Å². The number of benzene rings is 2. The van der Waals surface area contributed by atoms with Gasteiger partial charge in [-0.05, 0) is 71.4 Å². The molecule has 31 heavy (non-hydrogen) atoms. The lowest BCUT2D eigenvalue weighted by molar-refractivity contribution is 0.0998. The first-order valence-electron chi connectivity index (χ1n) is 10.3. The molecule has 1 N–H and O–H groups in total. The number of piperidine rings is 1. The van der Waals surface area contributed by atoms with E-state index in [1.807, 2.05) is 18.2 Å². The van der Waals surface area contributed by atoms with Crippen molar-refractivity contribution in [3.63, 3.8) is 0 Å². The minimum Gasteiger partial charge on any atom is -0.451 e. The number of fused-ring (bicyclic) bond motifs is 1. The predicted octanol–water partition coefficient (Wildman–Crippen LogP) is 5.42. The van der Waals surface area contributed by atoms with Crippen molar-refractivity contribution in [1.82, 2.24) is 4.31 Å². The van der Waals surface area contributed by atoms with E-state index in [-0.39, 0.29) is 16.6 Å². The van der Waals surface area contributed by atoms with Crippen molar-refractivity contribution in [3.8, 4) is 0 Å². The third kappa shape index (κ3) is 4.29. The average molecular weight is 505 g/mol. The van der Waals surface area contributed by atoms with Crippen molar-refractivity contribution < 1.29 is 17.6 Å². The number of aryl methyl sites for hydroxylation is 1. The first-order chi connectivity index (χ1) is 14.7. The Kier molecular flexibility index (Phi) is 5.98. The quantitative estimate of drug-likeness (QED) is 0.514. The van der Waals surface area contributed by atoms with E-state index in [2.05, 4.69) is 35.1 Å². The number of anilines is 1. The molecule has 1 aliphatic rings. The zero-order valence-electron chi connectivity index (χ0n) is 17.7. The fourth-order valence-corrected chi connectivity index (χ4v) is 6.36. The molecule has 6 nitrogen and oxygen atoms in total. The van der Waals surface area contributed by atoms with Crippen molar-refractivity contribution >= 4 is 48.5 Å². The first kappa shape index (κ1) is 22.0. The summed E-state index contributed by atoms with van der Waals surface area (Å²) in [5.74, 6) is 0.431. The van der Waals surface area contributed by atoms with Gasteiger partial charge in [-0.3, -0.25) is 4.79 Å². The number of nitrogens with zero attached hydrogens (tertiary/aromatic N) is 1. The molecule has 0 radical (unpaired) electrons. The molecule has 1 saturated heterocycles. The lowest BCUT2D eigenvalue weighted by Crippen LogP contribution is -2.42. The molecule has 1 amide bonds. The summed E-state index contributed by atoms with van der Waals surface area (Å²) in [6, 6.07) is 12.1. The summed E-state index contributed by atoms with van der Waals surface area (Å²) in [5, 5.41) is 3.45. The highest BCUT2D eigenvalue weighted by Crippen LogP contribution is 2.32. The topological polar surface area (TPSA) is 79.6 Å². The summed E-state index contributed by atoms with van der Waals surface area (Å²) in [6.07, 6.45) is 1.03. The van der Waals surface area contributed by atoms with Crippen LogP contribution in [0.1, 0.15) is 36.4 Å². The van der Waals surface area contributed by atoms with Gasteiger partial charge in [0.15, 0.2) is 5.76 Å². The number of para-hydroxylation sites is 1. The number of rotatable bonds is 4. The molecule has 0 saturated carbocycles. The second-order valence-electron chi connectivity index (χ2n) is 8.42. The maximum atomic E-state index is 13.3. The number of carbonyl (C=O) groups excluding carboxylic acids is 1. The van der Waals surface area contributed by atoms with Gasteiger partial charge in [0.05, 0.1) is 10.6 Å². The molecule has 0 aliphatic carbocycles. The molecule has 0 bridgehead atoms. The Labute approximate surface area is 190 Å². The van der Waals surface area contributed by atoms with Gasteiger partial charge < -0.3 is 9.73 Å². The van der Waals surface area contributed by atoms with Gasteiger partial charge in [0.2, 0.25) is 10.0 Å². The van der Waals surface area contributed by atoms with Gasteiger partial charge in [0, 0.05) is 28.5 Å².